The van der Waals surface area contributed by atoms with Crippen LogP contribution in [-0.2, 0) is 11.3 Å². The number of benzene rings is 1. The molecule has 1 aliphatic heterocycles. The summed E-state index contributed by atoms with van der Waals surface area (Å²) in [6.45, 7) is 3.94. The molecule has 126 valence electrons. The Kier molecular flexibility index (Phi) is 5.30. The highest BCUT2D eigenvalue weighted by molar-refractivity contribution is 7.12. The number of thiophene rings is 1. The first kappa shape index (κ1) is 16.7. The highest BCUT2D eigenvalue weighted by Crippen LogP contribution is 2.24. The number of aryl methyl sites for hydroxylation is 1. The largest absolute Gasteiger partial charge is 0.352 e. The molecule has 0 spiro atoms. The predicted octanol–water partition coefficient (Wildman–Crippen LogP) is 3.23. The summed E-state index contributed by atoms with van der Waals surface area (Å²) >= 11 is 1.49. The van der Waals surface area contributed by atoms with E-state index in [0.29, 0.717) is 19.5 Å². The van der Waals surface area contributed by atoms with E-state index in [-0.39, 0.29) is 17.7 Å². The van der Waals surface area contributed by atoms with Crippen molar-refractivity contribution in [2.75, 3.05) is 13.1 Å². The quantitative estimate of drug-likeness (QED) is 0.907. The van der Waals surface area contributed by atoms with Crippen LogP contribution < -0.4 is 5.32 Å². The molecule has 0 saturated carbocycles. The summed E-state index contributed by atoms with van der Waals surface area (Å²) in [5, 5.41) is 4.92. The molecule has 1 fully saturated rings. The smallest absolute Gasteiger partial charge is 0.264 e. The lowest BCUT2D eigenvalue weighted by Crippen LogP contribution is -2.30. The van der Waals surface area contributed by atoms with Gasteiger partial charge in [0.25, 0.3) is 5.91 Å². The van der Waals surface area contributed by atoms with E-state index in [1.807, 2.05) is 53.6 Å². The average molecular weight is 342 g/mol. The molecule has 2 heterocycles. The third-order valence-electron chi connectivity index (χ3n) is 4.44. The molecule has 1 saturated heterocycles. The Balaban J connectivity index is 1.46. The zero-order valence-electron chi connectivity index (χ0n) is 13.8. The maximum Gasteiger partial charge on any atom is 0.264 e. The SMILES string of the molecule is Cc1ccsc1C(=O)N1CCC(CC(=O)NCc2ccccc2)C1. The van der Waals surface area contributed by atoms with Gasteiger partial charge in [-0.15, -0.1) is 11.3 Å². The first-order valence-corrected chi connectivity index (χ1v) is 9.15. The highest BCUT2D eigenvalue weighted by atomic mass is 32.1. The minimum Gasteiger partial charge on any atom is -0.352 e. The van der Waals surface area contributed by atoms with Gasteiger partial charge in [-0.1, -0.05) is 30.3 Å². The second-order valence-corrected chi connectivity index (χ2v) is 7.22. The van der Waals surface area contributed by atoms with Crippen LogP contribution in [0.3, 0.4) is 0 Å². The molecule has 1 aliphatic rings. The number of hydrogen-bond acceptors (Lipinski definition) is 3. The van der Waals surface area contributed by atoms with Crippen molar-refractivity contribution in [1.82, 2.24) is 10.2 Å². The van der Waals surface area contributed by atoms with E-state index >= 15 is 0 Å². The molecule has 2 aromatic rings. The van der Waals surface area contributed by atoms with Crippen LogP contribution in [0, 0.1) is 12.8 Å². The highest BCUT2D eigenvalue weighted by Gasteiger charge is 2.29. The lowest BCUT2D eigenvalue weighted by Gasteiger charge is -2.16. The Labute approximate surface area is 146 Å². The molecule has 24 heavy (non-hydrogen) atoms. The second-order valence-electron chi connectivity index (χ2n) is 6.31. The third-order valence-corrected chi connectivity index (χ3v) is 5.44. The molecule has 0 bridgehead atoms. The van der Waals surface area contributed by atoms with Crippen LogP contribution in [0.5, 0.6) is 0 Å². The molecular weight excluding hydrogens is 320 g/mol. The monoisotopic (exact) mass is 342 g/mol. The Bertz CT molecular complexity index is 711. The van der Waals surface area contributed by atoms with Crippen LogP contribution in [0.25, 0.3) is 0 Å². The molecule has 1 aromatic heterocycles. The minimum atomic E-state index is 0.0606. The summed E-state index contributed by atoms with van der Waals surface area (Å²) in [4.78, 5) is 27.3. The van der Waals surface area contributed by atoms with Gasteiger partial charge in [-0.3, -0.25) is 9.59 Å². The molecule has 1 unspecified atom stereocenters. The van der Waals surface area contributed by atoms with Crippen molar-refractivity contribution in [2.45, 2.75) is 26.3 Å². The van der Waals surface area contributed by atoms with Gasteiger partial charge in [0, 0.05) is 26.1 Å². The van der Waals surface area contributed by atoms with Crippen molar-refractivity contribution < 1.29 is 9.59 Å². The van der Waals surface area contributed by atoms with E-state index in [1.165, 1.54) is 11.3 Å². The van der Waals surface area contributed by atoms with E-state index < -0.39 is 0 Å². The molecule has 1 atom stereocenters. The summed E-state index contributed by atoms with van der Waals surface area (Å²) in [5.74, 6) is 0.421. The second kappa shape index (κ2) is 7.62. The molecule has 1 aromatic carbocycles. The molecule has 5 heteroatoms. The Morgan fingerprint density at radius 2 is 2.04 bits per heavy atom. The van der Waals surface area contributed by atoms with Crippen LogP contribution in [0.15, 0.2) is 41.8 Å². The first-order valence-electron chi connectivity index (χ1n) is 8.27. The van der Waals surface area contributed by atoms with E-state index in [4.69, 9.17) is 0 Å². The van der Waals surface area contributed by atoms with Crippen molar-refractivity contribution in [3.05, 3.63) is 57.8 Å². The maximum absolute atomic E-state index is 12.5. The number of carbonyl (C=O) groups is 2. The standard InChI is InChI=1S/C19H22N2O2S/c1-14-8-10-24-18(14)19(23)21-9-7-16(13-21)11-17(22)20-12-15-5-3-2-4-6-15/h2-6,8,10,16H,7,9,11-13H2,1H3,(H,20,22). The van der Waals surface area contributed by atoms with Gasteiger partial charge in [-0.05, 0) is 41.8 Å². The summed E-state index contributed by atoms with van der Waals surface area (Å²) in [7, 11) is 0. The van der Waals surface area contributed by atoms with E-state index in [0.717, 1.165) is 29.0 Å². The number of nitrogens with one attached hydrogen (secondary N) is 1. The van der Waals surface area contributed by atoms with Gasteiger partial charge < -0.3 is 10.2 Å². The zero-order chi connectivity index (χ0) is 16.9. The van der Waals surface area contributed by atoms with Crippen LogP contribution in [0.2, 0.25) is 0 Å². The molecule has 2 amide bonds. The number of hydrogen-bond donors (Lipinski definition) is 1. The summed E-state index contributed by atoms with van der Waals surface area (Å²) in [6, 6.07) is 11.9. The maximum atomic E-state index is 12.5. The molecule has 3 rings (SSSR count). The summed E-state index contributed by atoms with van der Waals surface area (Å²) < 4.78 is 0. The van der Waals surface area contributed by atoms with Gasteiger partial charge >= 0.3 is 0 Å². The van der Waals surface area contributed by atoms with Gasteiger partial charge in [0.2, 0.25) is 5.91 Å². The van der Waals surface area contributed by atoms with E-state index in [1.54, 1.807) is 0 Å². The molecule has 0 aliphatic carbocycles. The Morgan fingerprint density at radius 3 is 2.75 bits per heavy atom. The van der Waals surface area contributed by atoms with Crippen LogP contribution in [0.1, 0.15) is 33.6 Å². The van der Waals surface area contributed by atoms with Gasteiger partial charge in [0.15, 0.2) is 0 Å². The van der Waals surface area contributed by atoms with Crippen LogP contribution in [0.4, 0.5) is 0 Å². The molecule has 4 nitrogen and oxygen atoms in total. The molecular formula is C19H22N2O2S. The summed E-state index contributed by atoms with van der Waals surface area (Å²) in [5.41, 5.74) is 2.14. The van der Waals surface area contributed by atoms with Crippen LogP contribution >= 0.6 is 11.3 Å². The topological polar surface area (TPSA) is 49.4 Å². The van der Waals surface area contributed by atoms with Crippen molar-refractivity contribution >= 4 is 23.2 Å². The number of amides is 2. The number of rotatable bonds is 5. The fourth-order valence-electron chi connectivity index (χ4n) is 3.05. The van der Waals surface area contributed by atoms with Gasteiger partial charge in [-0.2, -0.15) is 0 Å². The van der Waals surface area contributed by atoms with Crippen LogP contribution in [-0.4, -0.2) is 29.8 Å². The molecule has 1 N–H and O–H groups in total. The van der Waals surface area contributed by atoms with Gasteiger partial charge in [0.05, 0.1) is 4.88 Å². The van der Waals surface area contributed by atoms with Crippen molar-refractivity contribution in [1.29, 1.82) is 0 Å². The van der Waals surface area contributed by atoms with Gasteiger partial charge in [-0.25, -0.2) is 0 Å². The van der Waals surface area contributed by atoms with Crippen molar-refractivity contribution in [3.63, 3.8) is 0 Å². The predicted molar refractivity (Wildman–Crippen MR) is 96.0 cm³/mol. The summed E-state index contributed by atoms with van der Waals surface area (Å²) in [6.07, 6.45) is 1.38. The van der Waals surface area contributed by atoms with E-state index in [2.05, 4.69) is 5.32 Å². The normalized spacial score (nSPS) is 17.0. The number of carbonyl (C=O) groups excluding carboxylic acids is 2. The van der Waals surface area contributed by atoms with Gasteiger partial charge in [0.1, 0.15) is 0 Å². The third kappa shape index (κ3) is 4.03. The van der Waals surface area contributed by atoms with Crippen molar-refractivity contribution in [3.8, 4) is 0 Å². The zero-order valence-corrected chi connectivity index (χ0v) is 14.6. The van der Waals surface area contributed by atoms with E-state index in [9.17, 15) is 9.59 Å². The first-order chi connectivity index (χ1) is 11.6. The fourth-order valence-corrected chi connectivity index (χ4v) is 3.94. The average Bonchev–Trinajstić information content (AvgIpc) is 3.22. The molecule has 0 radical (unpaired) electrons. The number of nitrogens with zero attached hydrogens (tertiary/aromatic N) is 1. The lowest BCUT2D eigenvalue weighted by atomic mass is 10.0. The fraction of sp³-hybridized carbons (Fsp3) is 0.368. The minimum absolute atomic E-state index is 0.0606. The van der Waals surface area contributed by atoms with Crippen molar-refractivity contribution in [2.24, 2.45) is 5.92 Å². The Hall–Kier alpha value is -2.14. The lowest BCUT2D eigenvalue weighted by molar-refractivity contribution is -0.122. The number of likely N-dealkylation sites (tertiary alicyclic amines) is 1. The Morgan fingerprint density at radius 1 is 1.25 bits per heavy atom.